The molecule has 1 heterocycles. The van der Waals surface area contributed by atoms with Crippen LogP contribution in [0.3, 0.4) is 0 Å². The lowest BCUT2D eigenvalue weighted by atomic mass is 9.90. The molecule has 0 saturated carbocycles. The molecule has 0 aliphatic carbocycles. The highest BCUT2D eigenvalue weighted by Crippen LogP contribution is 2.31. The summed E-state index contributed by atoms with van der Waals surface area (Å²) in [6.07, 6.45) is 0. The second-order valence-corrected chi connectivity index (χ2v) is 7.66. The van der Waals surface area contributed by atoms with E-state index in [0.717, 1.165) is 21.3 Å². The summed E-state index contributed by atoms with van der Waals surface area (Å²) in [6.45, 7) is 1.47. The maximum absolute atomic E-state index is 13.2. The minimum absolute atomic E-state index is 0.129. The number of amides is 2. The highest BCUT2D eigenvalue weighted by molar-refractivity contribution is 7.22. The number of nitrogens with one attached hydrogen (secondary N) is 2. The van der Waals surface area contributed by atoms with Gasteiger partial charge in [0.2, 0.25) is 11.8 Å². The van der Waals surface area contributed by atoms with Gasteiger partial charge in [-0.1, -0.05) is 72.0 Å². The monoisotopic (exact) mass is 401 g/mol. The van der Waals surface area contributed by atoms with Crippen molar-refractivity contribution >= 4 is 44.2 Å². The van der Waals surface area contributed by atoms with Crippen molar-refractivity contribution in [2.24, 2.45) is 0 Å². The van der Waals surface area contributed by atoms with E-state index in [1.165, 1.54) is 18.3 Å². The van der Waals surface area contributed by atoms with Crippen LogP contribution in [0, 0.1) is 0 Å². The molecular formula is C23H19N3O2S. The first-order valence-electron chi connectivity index (χ1n) is 9.19. The number of nitrogens with zero attached hydrogens (tertiary/aromatic N) is 1. The molecule has 4 aromatic rings. The van der Waals surface area contributed by atoms with E-state index in [0.29, 0.717) is 10.8 Å². The number of carbonyl (C=O) groups excluding carboxylic acids is 2. The number of fused-ring (bicyclic) bond motifs is 1. The molecule has 0 atom stereocenters. The Kier molecular flexibility index (Phi) is 5.35. The minimum atomic E-state index is -0.431. The lowest BCUT2D eigenvalue weighted by Crippen LogP contribution is -2.22. The first-order chi connectivity index (χ1) is 14.1. The number of aromatic nitrogens is 1. The minimum Gasteiger partial charge on any atom is -0.326 e. The van der Waals surface area contributed by atoms with Gasteiger partial charge < -0.3 is 10.6 Å². The van der Waals surface area contributed by atoms with E-state index in [1.807, 2.05) is 72.8 Å². The highest BCUT2D eigenvalue weighted by Gasteiger charge is 2.23. The van der Waals surface area contributed by atoms with Crippen molar-refractivity contribution in [1.29, 1.82) is 0 Å². The third-order valence-electron chi connectivity index (χ3n) is 4.47. The summed E-state index contributed by atoms with van der Waals surface area (Å²) in [4.78, 5) is 29.0. The number of benzene rings is 3. The molecule has 5 nitrogen and oxygen atoms in total. The van der Waals surface area contributed by atoms with Crippen LogP contribution in [0.15, 0.2) is 78.9 Å². The van der Waals surface area contributed by atoms with Crippen LogP contribution >= 0.6 is 11.3 Å². The van der Waals surface area contributed by atoms with Crippen LogP contribution in [-0.2, 0) is 9.59 Å². The molecule has 3 aromatic carbocycles. The Morgan fingerprint density at radius 2 is 1.48 bits per heavy atom. The van der Waals surface area contributed by atoms with E-state index < -0.39 is 5.92 Å². The summed E-state index contributed by atoms with van der Waals surface area (Å²) in [5, 5.41) is 6.26. The van der Waals surface area contributed by atoms with Crippen molar-refractivity contribution in [3.63, 3.8) is 0 Å². The van der Waals surface area contributed by atoms with Crippen molar-refractivity contribution in [3.8, 4) is 0 Å². The third-order valence-corrected chi connectivity index (χ3v) is 5.40. The summed E-state index contributed by atoms with van der Waals surface area (Å²) in [6, 6.07) is 24.9. The lowest BCUT2D eigenvalue weighted by Gasteiger charge is -2.16. The molecule has 0 unspecified atom stereocenters. The lowest BCUT2D eigenvalue weighted by molar-refractivity contribution is -0.117. The van der Waals surface area contributed by atoms with E-state index in [9.17, 15) is 9.59 Å². The molecule has 6 heteroatoms. The summed E-state index contributed by atoms with van der Waals surface area (Å²) < 4.78 is 0.891. The molecule has 0 saturated heterocycles. The Labute approximate surface area is 172 Å². The fraction of sp³-hybridized carbons (Fsp3) is 0.0870. The van der Waals surface area contributed by atoms with Crippen LogP contribution in [-0.4, -0.2) is 16.8 Å². The highest BCUT2D eigenvalue weighted by atomic mass is 32.1. The van der Waals surface area contributed by atoms with Gasteiger partial charge in [0.25, 0.3) is 0 Å². The molecule has 2 N–H and O–H groups in total. The molecule has 0 radical (unpaired) electrons. The topological polar surface area (TPSA) is 71.1 Å². The Morgan fingerprint density at radius 1 is 0.862 bits per heavy atom. The van der Waals surface area contributed by atoms with Gasteiger partial charge in [0, 0.05) is 12.6 Å². The summed E-state index contributed by atoms with van der Waals surface area (Å²) in [5.74, 6) is -0.696. The average Bonchev–Trinajstić information content (AvgIpc) is 3.11. The normalized spacial score (nSPS) is 10.8. The molecular weight excluding hydrogens is 382 g/mol. The van der Waals surface area contributed by atoms with Crippen molar-refractivity contribution in [2.75, 3.05) is 10.6 Å². The van der Waals surface area contributed by atoms with Gasteiger partial charge >= 0.3 is 0 Å². The van der Waals surface area contributed by atoms with Gasteiger partial charge in [0.15, 0.2) is 5.13 Å². The number of hydrogen-bond donors (Lipinski definition) is 2. The van der Waals surface area contributed by atoms with Crippen LogP contribution in [0.4, 0.5) is 10.8 Å². The van der Waals surface area contributed by atoms with Gasteiger partial charge in [0.05, 0.1) is 16.1 Å². The van der Waals surface area contributed by atoms with Gasteiger partial charge in [-0.25, -0.2) is 4.98 Å². The zero-order chi connectivity index (χ0) is 20.2. The molecule has 29 heavy (non-hydrogen) atoms. The maximum Gasteiger partial charge on any atom is 0.238 e. The number of carbonyl (C=O) groups is 2. The summed E-state index contributed by atoms with van der Waals surface area (Å²) in [5.41, 5.74) is 3.32. The van der Waals surface area contributed by atoms with Crippen molar-refractivity contribution in [3.05, 3.63) is 90.0 Å². The fourth-order valence-corrected chi connectivity index (χ4v) is 4.13. The predicted octanol–water partition coefficient (Wildman–Crippen LogP) is 5.03. The largest absolute Gasteiger partial charge is 0.326 e. The first kappa shape index (κ1) is 18.8. The van der Waals surface area contributed by atoms with Gasteiger partial charge in [-0.15, -0.1) is 0 Å². The van der Waals surface area contributed by atoms with E-state index in [2.05, 4.69) is 15.6 Å². The standard InChI is InChI=1S/C23H19N3O2S/c1-15(27)24-18-12-13-19-20(14-18)29-23(25-19)26-22(28)21(16-8-4-2-5-9-16)17-10-6-3-7-11-17/h2-14,21H,1H3,(H,24,27)(H,25,26,28). The van der Waals surface area contributed by atoms with Crippen LogP contribution in [0.1, 0.15) is 24.0 Å². The average molecular weight is 401 g/mol. The zero-order valence-corrected chi connectivity index (χ0v) is 16.6. The second kappa shape index (κ2) is 8.24. The number of thiazole rings is 1. The summed E-state index contributed by atoms with van der Waals surface area (Å²) in [7, 11) is 0. The summed E-state index contributed by atoms with van der Waals surface area (Å²) >= 11 is 1.38. The Hall–Kier alpha value is -3.51. The maximum atomic E-state index is 13.2. The van der Waals surface area contributed by atoms with E-state index >= 15 is 0 Å². The molecule has 0 aliphatic rings. The molecule has 0 spiro atoms. The SMILES string of the molecule is CC(=O)Nc1ccc2nc(NC(=O)C(c3ccccc3)c3ccccc3)sc2c1. The van der Waals surface area contributed by atoms with Crippen molar-refractivity contribution < 1.29 is 9.59 Å². The van der Waals surface area contributed by atoms with Gasteiger partial charge in [-0.2, -0.15) is 0 Å². The van der Waals surface area contributed by atoms with Crippen molar-refractivity contribution in [2.45, 2.75) is 12.8 Å². The molecule has 0 bridgehead atoms. The van der Waals surface area contributed by atoms with E-state index in [4.69, 9.17) is 0 Å². The number of rotatable bonds is 5. The molecule has 144 valence electrons. The molecule has 0 aliphatic heterocycles. The van der Waals surface area contributed by atoms with Gasteiger partial charge in [-0.05, 0) is 29.3 Å². The van der Waals surface area contributed by atoms with Crippen LogP contribution in [0.2, 0.25) is 0 Å². The molecule has 2 amide bonds. The molecule has 0 fully saturated rings. The Bertz CT molecular complexity index is 1120. The Morgan fingerprint density at radius 3 is 2.07 bits per heavy atom. The predicted molar refractivity (Wildman–Crippen MR) is 117 cm³/mol. The quantitative estimate of drug-likeness (QED) is 0.493. The zero-order valence-electron chi connectivity index (χ0n) is 15.8. The van der Waals surface area contributed by atoms with Gasteiger partial charge in [0.1, 0.15) is 0 Å². The molecule has 1 aromatic heterocycles. The van der Waals surface area contributed by atoms with E-state index in [-0.39, 0.29) is 11.8 Å². The first-order valence-corrected chi connectivity index (χ1v) is 10.0. The third kappa shape index (κ3) is 4.33. The van der Waals surface area contributed by atoms with E-state index in [1.54, 1.807) is 6.07 Å². The Balaban J connectivity index is 1.63. The number of hydrogen-bond acceptors (Lipinski definition) is 4. The second-order valence-electron chi connectivity index (χ2n) is 6.63. The fourth-order valence-electron chi connectivity index (χ4n) is 3.22. The van der Waals surface area contributed by atoms with Gasteiger partial charge in [-0.3, -0.25) is 9.59 Å². The van der Waals surface area contributed by atoms with Crippen LogP contribution in [0.25, 0.3) is 10.2 Å². The van der Waals surface area contributed by atoms with Crippen molar-refractivity contribution in [1.82, 2.24) is 4.98 Å². The van der Waals surface area contributed by atoms with Crippen LogP contribution < -0.4 is 10.6 Å². The van der Waals surface area contributed by atoms with Crippen LogP contribution in [0.5, 0.6) is 0 Å². The smallest absolute Gasteiger partial charge is 0.238 e. The number of anilines is 2. The molecule has 4 rings (SSSR count).